The van der Waals surface area contributed by atoms with Gasteiger partial charge in [0.2, 0.25) is 0 Å². The number of hydrogen-bond acceptors (Lipinski definition) is 4. The molecular weight excluding hydrogens is 256 g/mol. The molecule has 1 fully saturated rings. The van der Waals surface area contributed by atoms with Crippen LogP contribution in [-0.4, -0.2) is 42.4 Å². The fourth-order valence-electron chi connectivity index (χ4n) is 1.87. The molecule has 18 heavy (non-hydrogen) atoms. The van der Waals surface area contributed by atoms with E-state index in [1.165, 1.54) is 4.31 Å². The quantitative estimate of drug-likeness (QED) is 0.289. The highest BCUT2D eigenvalue weighted by Gasteiger charge is 2.35. The summed E-state index contributed by atoms with van der Waals surface area (Å²) >= 11 is 0. The number of hydrogen-bond donors (Lipinski definition) is 3. The minimum atomic E-state index is -3.60. The summed E-state index contributed by atoms with van der Waals surface area (Å²) in [7, 11) is -3.60. The molecule has 0 saturated carbocycles. The van der Waals surface area contributed by atoms with Gasteiger partial charge in [-0.1, -0.05) is 18.5 Å². The van der Waals surface area contributed by atoms with E-state index in [2.05, 4.69) is 9.88 Å². The number of nitrogens with two attached hydrogens (primary N) is 1. The van der Waals surface area contributed by atoms with E-state index < -0.39 is 15.7 Å². The zero-order valence-corrected chi connectivity index (χ0v) is 11.7. The summed E-state index contributed by atoms with van der Waals surface area (Å²) in [4.78, 5) is 0. The van der Waals surface area contributed by atoms with E-state index in [0.29, 0.717) is 19.5 Å². The molecule has 4 N–H and O–H groups in total. The van der Waals surface area contributed by atoms with Gasteiger partial charge >= 0.3 is 0 Å². The van der Waals surface area contributed by atoms with Crippen molar-refractivity contribution in [3.8, 4) is 0 Å². The molecular formula is C10H22N4O3S. The van der Waals surface area contributed by atoms with E-state index in [1.807, 2.05) is 0 Å². The molecule has 1 atom stereocenters. The first-order valence-corrected chi connectivity index (χ1v) is 7.57. The van der Waals surface area contributed by atoms with Gasteiger partial charge in [-0.2, -0.15) is 17.4 Å². The topological polar surface area (TPSA) is 108 Å². The predicted octanol–water partition coefficient (Wildman–Crippen LogP) is 0.222. The van der Waals surface area contributed by atoms with E-state index >= 15 is 0 Å². The summed E-state index contributed by atoms with van der Waals surface area (Å²) in [6.07, 6.45) is 3.19. The molecule has 1 unspecified atom stereocenters. The molecule has 7 nitrogen and oxygen atoms in total. The summed E-state index contributed by atoms with van der Waals surface area (Å²) in [6.45, 7) is 4.41. The first kappa shape index (κ1) is 15.2. The Bertz CT molecular complexity index is 403. The Labute approximate surface area is 108 Å². The average molecular weight is 278 g/mol. The van der Waals surface area contributed by atoms with E-state index in [4.69, 9.17) is 10.9 Å². The van der Waals surface area contributed by atoms with Crippen LogP contribution < -0.4 is 10.5 Å². The van der Waals surface area contributed by atoms with Gasteiger partial charge in [0.15, 0.2) is 5.84 Å². The third-order valence-electron chi connectivity index (χ3n) is 3.39. The normalized spacial score (nSPS) is 22.7. The Hall–Kier alpha value is -0.860. The Kier molecular flexibility index (Phi) is 4.94. The number of piperidine rings is 1. The molecule has 1 aliphatic heterocycles. The van der Waals surface area contributed by atoms with Crippen LogP contribution in [0.15, 0.2) is 5.16 Å². The summed E-state index contributed by atoms with van der Waals surface area (Å²) in [5, 5.41) is 11.6. The minimum Gasteiger partial charge on any atom is -0.409 e. The van der Waals surface area contributed by atoms with E-state index in [-0.39, 0.29) is 5.84 Å². The van der Waals surface area contributed by atoms with Crippen molar-refractivity contribution in [2.75, 3.05) is 13.1 Å². The second-order valence-electron chi connectivity index (χ2n) is 4.74. The van der Waals surface area contributed by atoms with Crippen molar-refractivity contribution in [2.24, 2.45) is 10.9 Å². The summed E-state index contributed by atoms with van der Waals surface area (Å²) in [5.74, 6) is -0.134. The molecule has 0 bridgehead atoms. The van der Waals surface area contributed by atoms with E-state index in [1.54, 1.807) is 13.8 Å². The second kappa shape index (κ2) is 5.85. The standard InChI is InChI=1S/C10H22N4O3S/c1-3-10(2,9(11)12-15)13-18(16,17)14-7-5-4-6-8-14/h13,15H,3-8H2,1-2H3,(H2,11,12). The van der Waals surface area contributed by atoms with Gasteiger partial charge in [0.1, 0.15) is 0 Å². The van der Waals surface area contributed by atoms with Gasteiger partial charge in [0.05, 0.1) is 5.54 Å². The number of nitrogens with one attached hydrogen (secondary N) is 1. The highest BCUT2D eigenvalue weighted by Crippen LogP contribution is 2.16. The zero-order chi connectivity index (χ0) is 13.8. The molecule has 0 amide bonds. The average Bonchev–Trinajstić information content (AvgIpc) is 2.38. The molecule has 1 saturated heterocycles. The monoisotopic (exact) mass is 278 g/mol. The molecule has 0 aromatic carbocycles. The molecule has 0 aliphatic carbocycles. The van der Waals surface area contributed by atoms with Crippen LogP contribution in [0, 0.1) is 0 Å². The number of rotatable bonds is 5. The molecule has 0 aromatic heterocycles. The van der Waals surface area contributed by atoms with Crippen molar-refractivity contribution in [3.05, 3.63) is 0 Å². The maximum absolute atomic E-state index is 12.2. The predicted molar refractivity (Wildman–Crippen MR) is 69.6 cm³/mol. The van der Waals surface area contributed by atoms with Crippen molar-refractivity contribution in [1.29, 1.82) is 0 Å². The Morgan fingerprint density at radius 3 is 2.44 bits per heavy atom. The number of oxime groups is 1. The fourth-order valence-corrected chi connectivity index (χ4v) is 3.56. The Balaban J connectivity index is 2.86. The Morgan fingerprint density at radius 2 is 2.00 bits per heavy atom. The van der Waals surface area contributed by atoms with Crippen LogP contribution in [0.5, 0.6) is 0 Å². The van der Waals surface area contributed by atoms with Crippen LogP contribution in [-0.2, 0) is 10.2 Å². The lowest BCUT2D eigenvalue weighted by Gasteiger charge is -2.33. The molecule has 1 aliphatic rings. The van der Waals surface area contributed by atoms with Crippen molar-refractivity contribution < 1.29 is 13.6 Å². The third-order valence-corrected chi connectivity index (χ3v) is 5.14. The number of amidine groups is 1. The lowest BCUT2D eigenvalue weighted by Crippen LogP contribution is -2.58. The van der Waals surface area contributed by atoms with Crippen LogP contribution >= 0.6 is 0 Å². The lowest BCUT2D eigenvalue weighted by molar-refractivity contribution is 0.307. The zero-order valence-electron chi connectivity index (χ0n) is 10.9. The van der Waals surface area contributed by atoms with Gasteiger partial charge in [-0.3, -0.25) is 0 Å². The number of nitrogens with zero attached hydrogens (tertiary/aromatic N) is 2. The molecule has 1 heterocycles. The smallest absolute Gasteiger partial charge is 0.280 e. The van der Waals surface area contributed by atoms with E-state index in [0.717, 1.165) is 19.3 Å². The molecule has 0 aromatic rings. The van der Waals surface area contributed by atoms with Gasteiger partial charge in [-0.05, 0) is 26.2 Å². The van der Waals surface area contributed by atoms with E-state index in [9.17, 15) is 8.42 Å². The highest BCUT2D eigenvalue weighted by molar-refractivity contribution is 7.87. The summed E-state index contributed by atoms with van der Waals surface area (Å²) in [5.41, 5.74) is 4.49. The lowest BCUT2D eigenvalue weighted by atomic mass is 10.00. The van der Waals surface area contributed by atoms with Crippen molar-refractivity contribution in [2.45, 2.75) is 45.1 Å². The largest absolute Gasteiger partial charge is 0.409 e. The highest BCUT2D eigenvalue weighted by atomic mass is 32.2. The third kappa shape index (κ3) is 3.33. The molecule has 0 spiro atoms. The van der Waals surface area contributed by atoms with Crippen molar-refractivity contribution >= 4 is 16.0 Å². The minimum absolute atomic E-state index is 0.134. The van der Waals surface area contributed by atoms with Crippen molar-refractivity contribution in [3.63, 3.8) is 0 Å². The fraction of sp³-hybridized carbons (Fsp3) is 0.900. The SMILES string of the molecule is CCC(C)(NS(=O)(=O)N1CCCCC1)/C(N)=N/O. The van der Waals surface area contributed by atoms with Crippen LogP contribution in [0.3, 0.4) is 0 Å². The van der Waals surface area contributed by atoms with Gasteiger partial charge in [0, 0.05) is 13.1 Å². The van der Waals surface area contributed by atoms with Crippen LogP contribution in [0.25, 0.3) is 0 Å². The summed E-state index contributed by atoms with van der Waals surface area (Å²) in [6, 6.07) is 0. The molecule has 0 radical (unpaired) electrons. The van der Waals surface area contributed by atoms with Crippen LogP contribution in [0.4, 0.5) is 0 Å². The maximum Gasteiger partial charge on any atom is 0.280 e. The first-order chi connectivity index (χ1) is 8.35. The van der Waals surface area contributed by atoms with Gasteiger partial charge in [-0.15, -0.1) is 0 Å². The van der Waals surface area contributed by atoms with Crippen LogP contribution in [0.2, 0.25) is 0 Å². The second-order valence-corrected chi connectivity index (χ2v) is 6.41. The van der Waals surface area contributed by atoms with Gasteiger partial charge in [0.25, 0.3) is 10.2 Å². The first-order valence-electron chi connectivity index (χ1n) is 6.13. The van der Waals surface area contributed by atoms with Gasteiger partial charge in [-0.25, -0.2) is 0 Å². The maximum atomic E-state index is 12.2. The molecule has 106 valence electrons. The molecule has 1 rings (SSSR count). The summed E-state index contributed by atoms with van der Waals surface area (Å²) < 4.78 is 28.3. The molecule has 8 heteroatoms. The van der Waals surface area contributed by atoms with Crippen LogP contribution in [0.1, 0.15) is 39.5 Å². The van der Waals surface area contributed by atoms with Gasteiger partial charge < -0.3 is 10.9 Å². The Morgan fingerprint density at radius 1 is 1.44 bits per heavy atom. The van der Waals surface area contributed by atoms with Crippen molar-refractivity contribution in [1.82, 2.24) is 9.03 Å².